The molecular weight excluding hydrogens is 346 g/mol. The number of anilines is 1. The van der Waals surface area contributed by atoms with Crippen LogP contribution in [0.2, 0.25) is 0 Å². The van der Waals surface area contributed by atoms with E-state index in [0.717, 1.165) is 31.7 Å². The van der Waals surface area contributed by atoms with Crippen molar-refractivity contribution >= 4 is 11.6 Å². The zero-order valence-corrected chi connectivity index (χ0v) is 16.4. The fourth-order valence-corrected chi connectivity index (χ4v) is 5.57. The highest BCUT2D eigenvalue weighted by atomic mass is 16.2. The first-order chi connectivity index (χ1) is 13.7. The fourth-order valence-electron chi connectivity index (χ4n) is 5.57. The number of hydrogen-bond acceptors (Lipinski definition) is 3. The smallest absolute Gasteiger partial charge is 0.245 e. The number of rotatable bonds is 3. The van der Waals surface area contributed by atoms with Gasteiger partial charge in [-0.1, -0.05) is 42.5 Å². The van der Waals surface area contributed by atoms with E-state index in [-0.39, 0.29) is 5.91 Å². The van der Waals surface area contributed by atoms with Crippen LogP contribution in [-0.4, -0.2) is 43.0 Å². The first-order valence-corrected chi connectivity index (χ1v) is 10.6. The minimum absolute atomic E-state index is 0.0662. The number of fused-ring (bicyclic) bond motifs is 3. The number of likely N-dealkylation sites (tertiary alicyclic amines) is 1. The van der Waals surface area contributed by atoms with Crippen LogP contribution >= 0.6 is 0 Å². The van der Waals surface area contributed by atoms with E-state index < -0.39 is 6.04 Å². The van der Waals surface area contributed by atoms with E-state index in [0.29, 0.717) is 12.0 Å². The van der Waals surface area contributed by atoms with Gasteiger partial charge in [-0.15, -0.1) is 0 Å². The van der Waals surface area contributed by atoms with Crippen molar-refractivity contribution in [3.05, 3.63) is 65.2 Å². The molecule has 4 nitrogen and oxygen atoms in total. The van der Waals surface area contributed by atoms with Crippen molar-refractivity contribution in [1.29, 1.82) is 0 Å². The maximum atomic E-state index is 13.0. The van der Waals surface area contributed by atoms with Gasteiger partial charge in [0, 0.05) is 18.8 Å². The van der Waals surface area contributed by atoms with E-state index in [1.54, 1.807) is 5.56 Å². The van der Waals surface area contributed by atoms with Crippen LogP contribution in [0, 0.1) is 0 Å². The van der Waals surface area contributed by atoms with Crippen LogP contribution in [0.3, 0.4) is 0 Å². The van der Waals surface area contributed by atoms with Crippen molar-refractivity contribution < 1.29 is 4.79 Å². The number of carbonyl (C=O) groups excluding carboxylic acids is 1. The van der Waals surface area contributed by atoms with E-state index in [4.69, 9.17) is 5.73 Å². The Bertz CT molecular complexity index is 885. The Morgan fingerprint density at radius 1 is 0.929 bits per heavy atom. The molecule has 2 N–H and O–H groups in total. The zero-order valence-electron chi connectivity index (χ0n) is 16.4. The molecule has 0 bridgehead atoms. The third-order valence-electron chi connectivity index (χ3n) is 7.20. The highest BCUT2D eigenvalue weighted by Crippen LogP contribution is 2.46. The minimum atomic E-state index is -0.448. The summed E-state index contributed by atoms with van der Waals surface area (Å²) in [7, 11) is 0. The molecule has 1 atom stereocenters. The summed E-state index contributed by atoms with van der Waals surface area (Å²) in [6.45, 7) is 3.48. The van der Waals surface area contributed by atoms with Crippen LogP contribution in [0.5, 0.6) is 0 Å². The number of piperidine rings is 1. The van der Waals surface area contributed by atoms with E-state index in [1.165, 1.54) is 36.8 Å². The fraction of sp³-hybridized carbons (Fsp3) is 0.458. The van der Waals surface area contributed by atoms with E-state index in [9.17, 15) is 4.79 Å². The summed E-state index contributed by atoms with van der Waals surface area (Å²) >= 11 is 0. The van der Waals surface area contributed by atoms with Gasteiger partial charge in [-0.05, 0) is 73.4 Å². The standard InChI is InChI=1S/C24H29N3O/c25-21(23(28)27-14-10-19-6-2-4-8-22(19)27)17-26-15-12-24(13-16-26)11-9-18-5-1-3-7-20(18)24/h1-8,21H,9-17,25H2. The van der Waals surface area contributed by atoms with Crippen LogP contribution in [0.15, 0.2) is 48.5 Å². The van der Waals surface area contributed by atoms with Gasteiger partial charge in [0.2, 0.25) is 5.91 Å². The molecule has 146 valence electrons. The van der Waals surface area contributed by atoms with Crippen LogP contribution in [0.25, 0.3) is 0 Å². The topological polar surface area (TPSA) is 49.6 Å². The van der Waals surface area contributed by atoms with Crippen molar-refractivity contribution in [2.45, 2.75) is 43.6 Å². The summed E-state index contributed by atoms with van der Waals surface area (Å²) in [5, 5.41) is 0. The van der Waals surface area contributed by atoms with Crippen molar-refractivity contribution in [3.63, 3.8) is 0 Å². The van der Waals surface area contributed by atoms with Crippen molar-refractivity contribution in [2.24, 2.45) is 5.73 Å². The van der Waals surface area contributed by atoms with Gasteiger partial charge >= 0.3 is 0 Å². The predicted octanol–water partition coefficient (Wildman–Crippen LogP) is 2.88. The molecule has 1 unspecified atom stereocenters. The molecule has 28 heavy (non-hydrogen) atoms. The Labute approximate surface area is 167 Å². The first-order valence-electron chi connectivity index (χ1n) is 10.6. The van der Waals surface area contributed by atoms with Gasteiger partial charge < -0.3 is 15.5 Å². The van der Waals surface area contributed by atoms with Gasteiger partial charge in [0.05, 0.1) is 6.04 Å². The number of benzene rings is 2. The zero-order chi connectivity index (χ0) is 19.1. The van der Waals surface area contributed by atoms with E-state index in [2.05, 4.69) is 35.2 Å². The van der Waals surface area contributed by atoms with Gasteiger partial charge in [0.1, 0.15) is 0 Å². The Morgan fingerprint density at radius 3 is 2.46 bits per heavy atom. The first kappa shape index (κ1) is 17.9. The number of hydrogen-bond donors (Lipinski definition) is 1. The number of amides is 1. The molecule has 1 fully saturated rings. The third-order valence-corrected chi connectivity index (χ3v) is 7.20. The quantitative estimate of drug-likeness (QED) is 0.897. The van der Waals surface area contributed by atoms with Crippen LogP contribution in [0.4, 0.5) is 5.69 Å². The Morgan fingerprint density at radius 2 is 1.64 bits per heavy atom. The van der Waals surface area contributed by atoms with E-state index >= 15 is 0 Å². The SMILES string of the molecule is NC(CN1CCC2(CCc3ccccc32)CC1)C(=O)N1CCc2ccccc21. The molecule has 1 aliphatic carbocycles. The minimum Gasteiger partial charge on any atom is -0.319 e. The maximum Gasteiger partial charge on any atom is 0.245 e. The van der Waals surface area contributed by atoms with Gasteiger partial charge in [0.25, 0.3) is 0 Å². The van der Waals surface area contributed by atoms with Gasteiger partial charge in [-0.3, -0.25) is 4.79 Å². The monoisotopic (exact) mass is 375 g/mol. The molecule has 2 aliphatic heterocycles. The Balaban J connectivity index is 1.21. The summed E-state index contributed by atoms with van der Waals surface area (Å²) in [5.41, 5.74) is 12.1. The summed E-state index contributed by atoms with van der Waals surface area (Å²) in [5.74, 6) is 0.0662. The molecule has 2 aromatic rings. The lowest BCUT2D eigenvalue weighted by molar-refractivity contribution is -0.120. The molecule has 0 radical (unpaired) electrons. The number of carbonyl (C=O) groups is 1. The molecule has 0 aromatic heterocycles. The number of para-hydroxylation sites is 1. The summed E-state index contributed by atoms with van der Waals surface area (Å²) < 4.78 is 0. The molecule has 3 aliphatic rings. The average Bonchev–Trinajstić information content (AvgIpc) is 3.32. The number of nitrogens with zero attached hydrogens (tertiary/aromatic N) is 2. The maximum absolute atomic E-state index is 13.0. The molecular formula is C24H29N3O. The lowest BCUT2D eigenvalue weighted by Crippen LogP contribution is -2.52. The Hall–Kier alpha value is -2.17. The molecule has 0 saturated carbocycles. The summed E-state index contributed by atoms with van der Waals surface area (Å²) in [6, 6.07) is 16.7. The molecule has 5 rings (SSSR count). The normalized spacial score (nSPS) is 21.5. The van der Waals surface area contributed by atoms with Gasteiger partial charge in [-0.25, -0.2) is 0 Å². The lowest BCUT2D eigenvalue weighted by Gasteiger charge is -2.41. The molecule has 4 heteroatoms. The highest BCUT2D eigenvalue weighted by molar-refractivity contribution is 5.99. The highest BCUT2D eigenvalue weighted by Gasteiger charge is 2.41. The van der Waals surface area contributed by atoms with E-state index in [1.807, 2.05) is 23.1 Å². The van der Waals surface area contributed by atoms with Crippen molar-refractivity contribution in [1.82, 2.24) is 4.90 Å². The second-order valence-corrected chi connectivity index (χ2v) is 8.71. The van der Waals surface area contributed by atoms with Crippen molar-refractivity contribution in [2.75, 3.05) is 31.1 Å². The predicted molar refractivity (Wildman–Crippen MR) is 113 cm³/mol. The second-order valence-electron chi connectivity index (χ2n) is 8.71. The third kappa shape index (κ3) is 2.96. The second kappa shape index (κ2) is 7.02. The molecule has 2 heterocycles. The largest absolute Gasteiger partial charge is 0.319 e. The molecule has 1 saturated heterocycles. The molecule has 2 aromatic carbocycles. The summed E-state index contributed by atoms with van der Waals surface area (Å²) in [4.78, 5) is 17.3. The van der Waals surface area contributed by atoms with Gasteiger partial charge in [0.15, 0.2) is 0 Å². The van der Waals surface area contributed by atoms with Gasteiger partial charge in [-0.2, -0.15) is 0 Å². The summed E-state index contributed by atoms with van der Waals surface area (Å²) in [6.07, 6.45) is 5.77. The molecule has 1 amide bonds. The average molecular weight is 376 g/mol. The Kier molecular flexibility index (Phi) is 4.48. The number of aryl methyl sites for hydroxylation is 1. The van der Waals surface area contributed by atoms with Crippen LogP contribution in [-0.2, 0) is 23.1 Å². The van der Waals surface area contributed by atoms with Crippen LogP contribution in [0.1, 0.15) is 36.0 Å². The van der Waals surface area contributed by atoms with Crippen molar-refractivity contribution in [3.8, 4) is 0 Å². The number of nitrogens with two attached hydrogens (primary N) is 1. The molecule has 1 spiro atoms. The lowest BCUT2D eigenvalue weighted by atomic mass is 9.74. The van der Waals surface area contributed by atoms with Crippen LogP contribution < -0.4 is 10.6 Å².